The fourth-order valence-corrected chi connectivity index (χ4v) is 2.97. The van der Waals surface area contributed by atoms with Crippen LogP contribution in [0.2, 0.25) is 0 Å². The molecule has 0 bridgehead atoms. The zero-order chi connectivity index (χ0) is 16.1. The molecule has 1 aliphatic carbocycles. The van der Waals surface area contributed by atoms with E-state index in [0.717, 1.165) is 43.5 Å². The second-order valence-electron chi connectivity index (χ2n) is 5.72. The van der Waals surface area contributed by atoms with Gasteiger partial charge >= 0.3 is 0 Å². The molecule has 1 heterocycles. The molecule has 1 aromatic heterocycles. The molecule has 0 aliphatic heterocycles. The molecule has 1 saturated carbocycles. The lowest BCUT2D eigenvalue weighted by atomic mass is 9.88. The van der Waals surface area contributed by atoms with E-state index in [1.807, 2.05) is 32.0 Å². The number of carbonyl (C=O) groups is 1. The van der Waals surface area contributed by atoms with Crippen molar-refractivity contribution in [3.63, 3.8) is 0 Å². The number of nitrogens with one attached hydrogen (secondary N) is 1. The average molecular weight is 296 g/mol. The van der Waals surface area contributed by atoms with Gasteiger partial charge in [0.15, 0.2) is 11.4 Å². The summed E-state index contributed by atoms with van der Waals surface area (Å²) in [5, 5.41) is 21.5. The Hall–Kier alpha value is -2.53. The van der Waals surface area contributed by atoms with Gasteiger partial charge in [0, 0.05) is 17.3 Å². The molecule has 22 heavy (non-hydrogen) atoms. The number of amides is 1. The highest BCUT2D eigenvalue weighted by atomic mass is 16.1. The van der Waals surface area contributed by atoms with E-state index < -0.39 is 0 Å². The average Bonchev–Trinajstić information content (AvgIpc) is 2.87. The number of carbonyl (C=O) groups excluding carboxylic acids is 1. The Labute approximate surface area is 130 Å². The Morgan fingerprint density at radius 1 is 1.14 bits per heavy atom. The summed E-state index contributed by atoms with van der Waals surface area (Å²) < 4.78 is 1.69. The molecule has 1 amide bonds. The number of nitriles is 2. The summed E-state index contributed by atoms with van der Waals surface area (Å²) in [6, 6.07) is 7.78. The van der Waals surface area contributed by atoms with Gasteiger partial charge in [0.1, 0.15) is 12.1 Å². The molecule has 5 nitrogen and oxygen atoms in total. The number of rotatable bonds is 3. The fourth-order valence-electron chi connectivity index (χ4n) is 2.97. The third kappa shape index (κ3) is 3.20. The molecule has 1 aromatic rings. The van der Waals surface area contributed by atoms with Gasteiger partial charge in [-0.05, 0) is 38.8 Å². The second kappa shape index (κ2) is 6.95. The fraction of sp³-hybridized carbons (Fsp3) is 0.471. The van der Waals surface area contributed by atoms with E-state index in [2.05, 4.69) is 11.4 Å². The first-order valence-electron chi connectivity index (χ1n) is 7.59. The van der Waals surface area contributed by atoms with Crippen LogP contribution in [0.25, 0.3) is 5.70 Å². The van der Waals surface area contributed by atoms with Crippen molar-refractivity contribution in [3.05, 3.63) is 29.2 Å². The molecular weight excluding hydrogens is 276 g/mol. The summed E-state index contributed by atoms with van der Waals surface area (Å²) in [6.07, 6.45) is 4.97. The van der Waals surface area contributed by atoms with Crippen LogP contribution in [0.15, 0.2) is 17.8 Å². The van der Waals surface area contributed by atoms with E-state index in [4.69, 9.17) is 0 Å². The van der Waals surface area contributed by atoms with E-state index in [9.17, 15) is 15.3 Å². The number of aromatic nitrogens is 1. The van der Waals surface area contributed by atoms with Crippen LogP contribution in [-0.2, 0) is 4.79 Å². The van der Waals surface area contributed by atoms with Crippen LogP contribution in [0.3, 0.4) is 0 Å². The van der Waals surface area contributed by atoms with Gasteiger partial charge in [0.2, 0.25) is 5.91 Å². The lowest BCUT2D eigenvalue weighted by Gasteiger charge is -2.21. The number of nitrogens with zero attached hydrogens (tertiary/aromatic N) is 3. The van der Waals surface area contributed by atoms with Gasteiger partial charge in [0.05, 0.1) is 0 Å². The maximum atomic E-state index is 12.3. The van der Waals surface area contributed by atoms with Gasteiger partial charge in [-0.15, -0.1) is 0 Å². The SMILES string of the molecule is Cc1ccc(C)n1/C(C#N)=C(\C#N)NC(=O)C1CCCCC1. The predicted octanol–water partition coefficient (Wildman–Crippen LogP) is 3.02. The zero-order valence-electron chi connectivity index (χ0n) is 13.0. The molecule has 5 heteroatoms. The molecule has 1 aliphatic rings. The van der Waals surface area contributed by atoms with Crippen LogP contribution >= 0.6 is 0 Å². The molecule has 114 valence electrons. The highest BCUT2D eigenvalue weighted by molar-refractivity contribution is 5.84. The summed E-state index contributed by atoms with van der Waals surface area (Å²) in [5.74, 6) is -0.199. The maximum absolute atomic E-state index is 12.3. The summed E-state index contributed by atoms with van der Waals surface area (Å²) >= 11 is 0. The molecule has 0 unspecified atom stereocenters. The molecule has 1 N–H and O–H groups in total. The van der Waals surface area contributed by atoms with Crippen molar-refractivity contribution in [3.8, 4) is 12.1 Å². The van der Waals surface area contributed by atoms with Crippen molar-refractivity contribution in [2.24, 2.45) is 5.92 Å². The van der Waals surface area contributed by atoms with Crippen molar-refractivity contribution in [2.45, 2.75) is 46.0 Å². The molecule has 0 radical (unpaired) electrons. The van der Waals surface area contributed by atoms with Gasteiger partial charge in [-0.2, -0.15) is 10.5 Å². The molecule has 1 fully saturated rings. The Bertz CT molecular complexity index is 659. The third-order valence-corrected chi connectivity index (χ3v) is 4.17. The van der Waals surface area contributed by atoms with Crippen LogP contribution < -0.4 is 5.32 Å². The predicted molar refractivity (Wildman–Crippen MR) is 83.1 cm³/mol. The number of hydrogen-bond donors (Lipinski definition) is 1. The monoisotopic (exact) mass is 296 g/mol. The first kappa shape index (κ1) is 15.9. The summed E-state index contributed by atoms with van der Waals surface area (Å²) in [6.45, 7) is 3.73. The van der Waals surface area contributed by atoms with Crippen LogP contribution in [-0.4, -0.2) is 10.5 Å². The van der Waals surface area contributed by atoms with Crippen molar-refractivity contribution < 1.29 is 4.79 Å². The first-order chi connectivity index (χ1) is 10.6. The van der Waals surface area contributed by atoms with Gasteiger partial charge in [-0.3, -0.25) is 4.79 Å². The van der Waals surface area contributed by atoms with E-state index >= 15 is 0 Å². The second-order valence-corrected chi connectivity index (χ2v) is 5.72. The van der Waals surface area contributed by atoms with Gasteiger partial charge in [-0.1, -0.05) is 19.3 Å². The summed E-state index contributed by atoms with van der Waals surface area (Å²) in [7, 11) is 0. The Kier molecular flexibility index (Phi) is 5.01. The van der Waals surface area contributed by atoms with E-state index in [1.165, 1.54) is 0 Å². The van der Waals surface area contributed by atoms with Crippen LogP contribution in [0.4, 0.5) is 0 Å². The molecule has 2 rings (SSSR count). The van der Waals surface area contributed by atoms with Crippen LogP contribution in [0.5, 0.6) is 0 Å². The quantitative estimate of drug-likeness (QED) is 0.870. The Morgan fingerprint density at radius 2 is 1.73 bits per heavy atom. The maximum Gasteiger partial charge on any atom is 0.228 e. The van der Waals surface area contributed by atoms with Crippen molar-refractivity contribution >= 4 is 11.6 Å². The topological polar surface area (TPSA) is 81.6 Å². The third-order valence-electron chi connectivity index (χ3n) is 4.17. The van der Waals surface area contributed by atoms with Crippen molar-refractivity contribution in [2.75, 3.05) is 0 Å². The molecule has 0 atom stereocenters. The van der Waals surface area contributed by atoms with Crippen molar-refractivity contribution in [1.29, 1.82) is 10.5 Å². The lowest BCUT2D eigenvalue weighted by molar-refractivity contribution is -0.125. The zero-order valence-corrected chi connectivity index (χ0v) is 13.0. The van der Waals surface area contributed by atoms with E-state index in [0.29, 0.717) is 0 Å². The number of aryl methyl sites for hydroxylation is 2. The normalized spacial score (nSPS) is 16.4. The molecular formula is C17H20N4O. The van der Waals surface area contributed by atoms with Crippen LogP contribution in [0, 0.1) is 42.4 Å². The summed E-state index contributed by atoms with van der Waals surface area (Å²) in [4.78, 5) is 12.3. The molecule has 0 saturated heterocycles. The Balaban J connectivity index is 2.30. The highest BCUT2D eigenvalue weighted by Gasteiger charge is 2.23. The van der Waals surface area contributed by atoms with E-state index in [-0.39, 0.29) is 23.2 Å². The minimum atomic E-state index is -0.147. The summed E-state index contributed by atoms with van der Waals surface area (Å²) in [5.41, 5.74) is 1.91. The number of allylic oxidation sites excluding steroid dienone is 2. The standard InChI is InChI=1S/C17H20N4O/c1-12-8-9-13(2)21(12)16(11-19)15(10-18)20-17(22)14-6-4-3-5-7-14/h8-9,14H,3-7H2,1-2H3,(H,20,22)/b16-15+. The minimum absolute atomic E-state index is 0.0282. The Morgan fingerprint density at radius 3 is 2.23 bits per heavy atom. The molecule has 0 spiro atoms. The highest BCUT2D eigenvalue weighted by Crippen LogP contribution is 2.24. The number of hydrogen-bond acceptors (Lipinski definition) is 3. The van der Waals surface area contributed by atoms with Gasteiger partial charge in [-0.25, -0.2) is 0 Å². The smallest absolute Gasteiger partial charge is 0.228 e. The lowest BCUT2D eigenvalue weighted by Crippen LogP contribution is -2.32. The largest absolute Gasteiger partial charge is 0.315 e. The minimum Gasteiger partial charge on any atom is -0.315 e. The van der Waals surface area contributed by atoms with E-state index in [1.54, 1.807) is 4.57 Å². The van der Waals surface area contributed by atoms with Crippen LogP contribution in [0.1, 0.15) is 43.5 Å². The van der Waals surface area contributed by atoms with Crippen molar-refractivity contribution in [1.82, 2.24) is 9.88 Å². The van der Waals surface area contributed by atoms with Gasteiger partial charge in [0.25, 0.3) is 0 Å². The molecule has 0 aromatic carbocycles. The first-order valence-corrected chi connectivity index (χ1v) is 7.59. The van der Waals surface area contributed by atoms with Gasteiger partial charge < -0.3 is 9.88 Å².